The number of hydrazone groups is 1. The number of carbonyl (C=O) groups is 1. The molecule has 0 radical (unpaired) electrons. The lowest BCUT2D eigenvalue weighted by Crippen LogP contribution is -2.20. The van der Waals surface area contributed by atoms with Crippen LogP contribution in [0.2, 0.25) is 0 Å². The van der Waals surface area contributed by atoms with Crippen molar-refractivity contribution >= 4 is 17.5 Å². The average Bonchev–Trinajstić information content (AvgIpc) is 2.36. The molecule has 1 aromatic carbocycles. The minimum absolute atomic E-state index is 0.0168. The zero-order valence-corrected chi connectivity index (χ0v) is 11.0. The summed E-state index contributed by atoms with van der Waals surface area (Å²) in [6, 6.07) is 4.76. The molecule has 0 heterocycles. The second kappa shape index (κ2) is 6.48. The molecular formula is C12H15N3O4. The number of carbonyl (C=O) groups excluding carboxylic acids is 1. The zero-order valence-electron chi connectivity index (χ0n) is 11.0. The molecule has 102 valence electrons. The Hall–Kier alpha value is -2.44. The molecule has 0 aliphatic heterocycles. The lowest BCUT2D eigenvalue weighted by molar-refractivity contribution is -0.385. The number of nitrogens with zero attached hydrogens (tertiary/aromatic N) is 2. The van der Waals surface area contributed by atoms with Crippen LogP contribution in [0.5, 0.6) is 0 Å². The number of rotatable bonds is 4. The highest BCUT2D eigenvalue weighted by atomic mass is 16.6. The van der Waals surface area contributed by atoms with Gasteiger partial charge < -0.3 is 4.74 Å². The normalized spacial score (nSPS) is 11.0. The third kappa shape index (κ3) is 4.06. The molecule has 0 spiro atoms. The van der Waals surface area contributed by atoms with E-state index in [1.54, 1.807) is 32.9 Å². The molecule has 0 atom stereocenters. The molecule has 19 heavy (non-hydrogen) atoms. The van der Waals surface area contributed by atoms with Gasteiger partial charge in [0.05, 0.1) is 17.2 Å². The molecule has 0 saturated carbocycles. The number of nitro groups is 1. The van der Waals surface area contributed by atoms with E-state index in [9.17, 15) is 14.9 Å². The van der Waals surface area contributed by atoms with E-state index in [1.165, 1.54) is 6.07 Å². The smallest absolute Gasteiger partial charge is 0.427 e. The van der Waals surface area contributed by atoms with Crippen LogP contribution < -0.4 is 5.43 Å². The van der Waals surface area contributed by atoms with Gasteiger partial charge in [0.1, 0.15) is 0 Å². The average molecular weight is 265 g/mol. The SMILES string of the molecule is CCOC(=O)N/N=C(/C)c1ccc(C)c([N+](=O)[O-])c1. The number of hydrogen-bond acceptors (Lipinski definition) is 5. The van der Waals surface area contributed by atoms with E-state index in [0.717, 1.165) is 0 Å². The molecule has 0 unspecified atom stereocenters. The first-order valence-corrected chi connectivity index (χ1v) is 5.68. The van der Waals surface area contributed by atoms with Gasteiger partial charge in [0.2, 0.25) is 0 Å². The largest absolute Gasteiger partial charge is 0.449 e. The van der Waals surface area contributed by atoms with Crippen molar-refractivity contribution < 1.29 is 14.5 Å². The number of ether oxygens (including phenoxy) is 1. The molecule has 1 aromatic rings. The summed E-state index contributed by atoms with van der Waals surface area (Å²) in [5.74, 6) is 0. The van der Waals surface area contributed by atoms with Crippen LogP contribution in [-0.2, 0) is 4.74 Å². The van der Waals surface area contributed by atoms with Gasteiger partial charge >= 0.3 is 6.09 Å². The van der Waals surface area contributed by atoms with Crippen molar-refractivity contribution in [1.82, 2.24) is 5.43 Å². The highest BCUT2D eigenvalue weighted by molar-refractivity contribution is 5.99. The van der Waals surface area contributed by atoms with E-state index in [4.69, 9.17) is 0 Å². The first kappa shape index (κ1) is 14.6. The zero-order chi connectivity index (χ0) is 14.4. The molecule has 0 aromatic heterocycles. The Kier molecular flexibility index (Phi) is 4.99. The maximum Gasteiger partial charge on any atom is 0.427 e. The standard InChI is InChI=1S/C12H15N3O4/c1-4-19-12(16)14-13-9(3)10-6-5-8(2)11(7-10)15(17)18/h5-7H,4H2,1-3H3,(H,14,16)/b13-9-. The van der Waals surface area contributed by atoms with Gasteiger partial charge in [-0.1, -0.05) is 12.1 Å². The molecule has 0 aliphatic rings. The number of hydrogen-bond donors (Lipinski definition) is 1. The lowest BCUT2D eigenvalue weighted by Gasteiger charge is -2.04. The van der Waals surface area contributed by atoms with Crippen molar-refractivity contribution in [2.75, 3.05) is 6.61 Å². The second-order valence-corrected chi connectivity index (χ2v) is 3.79. The Bertz CT molecular complexity index is 526. The van der Waals surface area contributed by atoms with Gasteiger partial charge in [0.15, 0.2) is 0 Å². The summed E-state index contributed by atoms with van der Waals surface area (Å²) in [7, 11) is 0. The highest BCUT2D eigenvalue weighted by Gasteiger charge is 2.12. The molecular weight excluding hydrogens is 250 g/mol. The van der Waals surface area contributed by atoms with Gasteiger partial charge in [-0.25, -0.2) is 10.2 Å². The third-order valence-corrected chi connectivity index (χ3v) is 2.41. The number of aryl methyl sites for hydroxylation is 1. The molecule has 0 fully saturated rings. The van der Waals surface area contributed by atoms with E-state index < -0.39 is 11.0 Å². The first-order chi connectivity index (χ1) is 8.95. The van der Waals surface area contributed by atoms with E-state index in [-0.39, 0.29) is 12.3 Å². The van der Waals surface area contributed by atoms with Gasteiger partial charge in [0, 0.05) is 17.2 Å². The Morgan fingerprint density at radius 3 is 2.79 bits per heavy atom. The quantitative estimate of drug-likeness (QED) is 0.513. The Morgan fingerprint density at radius 1 is 1.53 bits per heavy atom. The predicted octanol–water partition coefficient (Wildman–Crippen LogP) is 2.37. The second-order valence-electron chi connectivity index (χ2n) is 3.79. The summed E-state index contributed by atoms with van der Waals surface area (Å²) < 4.78 is 4.64. The number of benzene rings is 1. The van der Waals surface area contributed by atoms with Crippen LogP contribution in [0.3, 0.4) is 0 Å². The van der Waals surface area contributed by atoms with E-state index in [1.807, 2.05) is 0 Å². The van der Waals surface area contributed by atoms with Crippen LogP contribution in [0, 0.1) is 17.0 Å². The summed E-state index contributed by atoms with van der Waals surface area (Å²) in [5, 5.41) is 14.6. The summed E-state index contributed by atoms with van der Waals surface area (Å²) in [6.45, 7) is 5.22. The molecule has 1 rings (SSSR count). The van der Waals surface area contributed by atoms with Crippen LogP contribution >= 0.6 is 0 Å². The van der Waals surface area contributed by atoms with Crippen molar-refractivity contribution in [2.24, 2.45) is 5.10 Å². The molecule has 7 heteroatoms. The highest BCUT2D eigenvalue weighted by Crippen LogP contribution is 2.19. The fourth-order valence-corrected chi connectivity index (χ4v) is 1.39. The van der Waals surface area contributed by atoms with Crippen LogP contribution in [-0.4, -0.2) is 23.3 Å². The van der Waals surface area contributed by atoms with Crippen molar-refractivity contribution in [1.29, 1.82) is 0 Å². The Labute approximate surface area is 110 Å². The van der Waals surface area contributed by atoms with Crippen LogP contribution in [0.15, 0.2) is 23.3 Å². The van der Waals surface area contributed by atoms with Gasteiger partial charge in [0.25, 0.3) is 5.69 Å². The Morgan fingerprint density at radius 2 is 2.21 bits per heavy atom. The number of nitro benzene ring substituents is 1. The van der Waals surface area contributed by atoms with Crippen molar-refractivity contribution in [3.05, 3.63) is 39.4 Å². The van der Waals surface area contributed by atoms with Gasteiger partial charge in [-0.3, -0.25) is 10.1 Å². The molecule has 1 amide bonds. The monoisotopic (exact) mass is 265 g/mol. The Balaban J connectivity index is 2.91. The topological polar surface area (TPSA) is 93.8 Å². The molecule has 7 nitrogen and oxygen atoms in total. The van der Waals surface area contributed by atoms with Crippen molar-refractivity contribution in [3.8, 4) is 0 Å². The maximum absolute atomic E-state index is 11.1. The number of amides is 1. The van der Waals surface area contributed by atoms with E-state index in [0.29, 0.717) is 16.8 Å². The predicted molar refractivity (Wildman–Crippen MR) is 70.2 cm³/mol. The van der Waals surface area contributed by atoms with E-state index >= 15 is 0 Å². The maximum atomic E-state index is 11.1. The molecule has 0 saturated heterocycles. The summed E-state index contributed by atoms with van der Waals surface area (Å²) >= 11 is 0. The minimum atomic E-state index is -0.663. The van der Waals surface area contributed by atoms with Crippen LogP contribution in [0.4, 0.5) is 10.5 Å². The van der Waals surface area contributed by atoms with Gasteiger partial charge in [-0.05, 0) is 20.8 Å². The third-order valence-electron chi connectivity index (χ3n) is 2.41. The fraction of sp³-hybridized carbons (Fsp3) is 0.333. The van der Waals surface area contributed by atoms with Crippen molar-refractivity contribution in [2.45, 2.75) is 20.8 Å². The van der Waals surface area contributed by atoms with Gasteiger partial charge in [-0.15, -0.1) is 0 Å². The summed E-state index contributed by atoms with van der Waals surface area (Å²) in [6.07, 6.45) is -0.663. The summed E-state index contributed by atoms with van der Waals surface area (Å²) in [4.78, 5) is 21.4. The molecule has 0 bridgehead atoms. The fourth-order valence-electron chi connectivity index (χ4n) is 1.39. The minimum Gasteiger partial charge on any atom is -0.449 e. The van der Waals surface area contributed by atoms with Gasteiger partial charge in [-0.2, -0.15) is 5.10 Å². The van der Waals surface area contributed by atoms with Crippen LogP contribution in [0.1, 0.15) is 25.0 Å². The molecule has 1 N–H and O–H groups in total. The van der Waals surface area contributed by atoms with E-state index in [2.05, 4.69) is 15.3 Å². The summed E-state index contributed by atoms with van der Waals surface area (Å²) in [5.41, 5.74) is 3.81. The van der Waals surface area contributed by atoms with Crippen LogP contribution in [0.25, 0.3) is 0 Å². The number of nitrogens with one attached hydrogen (secondary N) is 1. The lowest BCUT2D eigenvalue weighted by atomic mass is 10.1. The molecule has 0 aliphatic carbocycles. The first-order valence-electron chi connectivity index (χ1n) is 5.68. The van der Waals surface area contributed by atoms with Crippen molar-refractivity contribution in [3.63, 3.8) is 0 Å².